The van der Waals surface area contributed by atoms with Crippen molar-refractivity contribution < 1.29 is 9.13 Å². The Bertz CT molecular complexity index is 552. The van der Waals surface area contributed by atoms with Gasteiger partial charge in [-0.05, 0) is 37.6 Å². The van der Waals surface area contributed by atoms with Crippen molar-refractivity contribution in [2.75, 3.05) is 5.73 Å². The number of rotatable bonds is 3. The number of nitrogen functional groups attached to an aromatic ring is 1. The van der Waals surface area contributed by atoms with Crippen molar-refractivity contribution in [1.29, 1.82) is 0 Å². The molecule has 0 radical (unpaired) electrons. The van der Waals surface area contributed by atoms with E-state index in [1.807, 2.05) is 6.92 Å². The number of hydrogen-bond acceptors (Lipinski definition) is 4. The Morgan fingerprint density at radius 3 is 2.67 bits per heavy atom. The van der Waals surface area contributed by atoms with Crippen molar-refractivity contribution in [3.63, 3.8) is 0 Å². The zero-order chi connectivity index (χ0) is 13.1. The SMILES string of the molecule is Cc1cc(N)nc(COc2ccc(F)c(C)c2)n1. The molecule has 0 atom stereocenters. The van der Waals surface area contributed by atoms with E-state index in [1.165, 1.54) is 6.07 Å². The van der Waals surface area contributed by atoms with Crippen molar-refractivity contribution in [1.82, 2.24) is 9.97 Å². The highest BCUT2D eigenvalue weighted by Gasteiger charge is 2.03. The third-order valence-corrected chi connectivity index (χ3v) is 2.42. The first-order valence-corrected chi connectivity index (χ1v) is 5.53. The van der Waals surface area contributed by atoms with Gasteiger partial charge in [-0.15, -0.1) is 0 Å². The second kappa shape index (κ2) is 5.00. The Labute approximate surface area is 105 Å². The van der Waals surface area contributed by atoms with Crippen LogP contribution in [0.2, 0.25) is 0 Å². The maximum atomic E-state index is 13.1. The lowest BCUT2D eigenvalue weighted by Gasteiger charge is -2.07. The van der Waals surface area contributed by atoms with Crippen LogP contribution in [0.4, 0.5) is 10.2 Å². The zero-order valence-electron chi connectivity index (χ0n) is 10.3. The third-order valence-electron chi connectivity index (χ3n) is 2.42. The number of halogens is 1. The van der Waals surface area contributed by atoms with Gasteiger partial charge in [-0.25, -0.2) is 14.4 Å². The quantitative estimate of drug-likeness (QED) is 0.904. The van der Waals surface area contributed by atoms with Crippen LogP contribution in [-0.2, 0) is 6.61 Å². The molecule has 0 spiro atoms. The Kier molecular flexibility index (Phi) is 3.41. The summed E-state index contributed by atoms with van der Waals surface area (Å²) in [4.78, 5) is 8.26. The lowest BCUT2D eigenvalue weighted by molar-refractivity contribution is 0.295. The molecule has 1 heterocycles. The molecule has 4 nitrogen and oxygen atoms in total. The third kappa shape index (κ3) is 2.94. The summed E-state index contributed by atoms with van der Waals surface area (Å²) >= 11 is 0. The van der Waals surface area contributed by atoms with Crippen molar-refractivity contribution in [3.05, 3.63) is 47.2 Å². The monoisotopic (exact) mass is 247 g/mol. The topological polar surface area (TPSA) is 61.0 Å². The van der Waals surface area contributed by atoms with Gasteiger partial charge < -0.3 is 10.5 Å². The van der Waals surface area contributed by atoms with Crippen LogP contribution >= 0.6 is 0 Å². The number of benzene rings is 1. The van der Waals surface area contributed by atoms with Crippen LogP contribution < -0.4 is 10.5 Å². The average molecular weight is 247 g/mol. The van der Waals surface area contributed by atoms with Gasteiger partial charge in [0.1, 0.15) is 24.0 Å². The molecule has 0 aliphatic carbocycles. The molecule has 94 valence electrons. The van der Waals surface area contributed by atoms with Crippen molar-refractivity contribution in [3.8, 4) is 5.75 Å². The number of anilines is 1. The first-order chi connectivity index (χ1) is 8.54. The predicted molar refractivity (Wildman–Crippen MR) is 66.7 cm³/mol. The molecule has 18 heavy (non-hydrogen) atoms. The molecule has 2 rings (SSSR count). The van der Waals surface area contributed by atoms with E-state index in [2.05, 4.69) is 9.97 Å². The summed E-state index contributed by atoms with van der Waals surface area (Å²) in [5.41, 5.74) is 6.94. The van der Waals surface area contributed by atoms with Gasteiger partial charge in [0.15, 0.2) is 5.82 Å². The summed E-state index contributed by atoms with van der Waals surface area (Å²) in [6, 6.07) is 6.26. The minimum absolute atomic E-state index is 0.205. The maximum absolute atomic E-state index is 13.1. The van der Waals surface area contributed by atoms with E-state index in [0.717, 1.165) is 5.69 Å². The van der Waals surface area contributed by atoms with E-state index >= 15 is 0 Å². The predicted octanol–water partition coefficient (Wildman–Crippen LogP) is 2.39. The molecule has 2 N–H and O–H groups in total. The lowest BCUT2D eigenvalue weighted by atomic mass is 10.2. The van der Waals surface area contributed by atoms with Gasteiger partial charge >= 0.3 is 0 Å². The van der Waals surface area contributed by atoms with Gasteiger partial charge in [0, 0.05) is 11.8 Å². The second-order valence-corrected chi connectivity index (χ2v) is 4.05. The van der Waals surface area contributed by atoms with Crippen LogP contribution in [0.1, 0.15) is 17.1 Å². The van der Waals surface area contributed by atoms with Crippen LogP contribution in [-0.4, -0.2) is 9.97 Å². The molecule has 5 heteroatoms. The average Bonchev–Trinajstić information content (AvgIpc) is 2.29. The van der Waals surface area contributed by atoms with E-state index in [0.29, 0.717) is 23.0 Å². The molecule has 0 fully saturated rings. The summed E-state index contributed by atoms with van der Waals surface area (Å²) < 4.78 is 18.6. The lowest BCUT2D eigenvalue weighted by Crippen LogP contribution is -2.05. The first-order valence-electron chi connectivity index (χ1n) is 5.53. The minimum Gasteiger partial charge on any atom is -0.486 e. The molecule has 0 amide bonds. The molecule has 1 aromatic carbocycles. The number of hydrogen-bond donors (Lipinski definition) is 1. The summed E-state index contributed by atoms with van der Waals surface area (Å²) in [6.45, 7) is 3.73. The van der Waals surface area contributed by atoms with Crippen LogP contribution in [0.5, 0.6) is 5.75 Å². The molecule has 1 aromatic heterocycles. The number of nitrogens with two attached hydrogens (primary N) is 1. The fraction of sp³-hybridized carbons (Fsp3) is 0.231. The van der Waals surface area contributed by atoms with Gasteiger partial charge in [-0.1, -0.05) is 0 Å². The van der Waals surface area contributed by atoms with Crippen molar-refractivity contribution in [2.24, 2.45) is 0 Å². The van der Waals surface area contributed by atoms with Crippen LogP contribution in [0.25, 0.3) is 0 Å². The van der Waals surface area contributed by atoms with Gasteiger partial charge in [0.25, 0.3) is 0 Å². The molecular weight excluding hydrogens is 233 g/mol. The number of nitrogens with zero attached hydrogens (tertiary/aromatic N) is 2. The zero-order valence-corrected chi connectivity index (χ0v) is 10.3. The summed E-state index contributed by atoms with van der Waals surface area (Å²) in [7, 11) is 0. The molecule has 0 unspecified atom stereocenters. The summed E-state index contributed by atoms with van der Waals surface area (Å²) in [5.74, 6) is 1.25. The normalized spacial score (nSPS) is 10.4. The van der Waals surface area contributed by atoms with Crippen LogP contribution in [0, 0.1) is 19.7 Å². The van der Waals surface area contributed by atoms with Crippen molar-refractivity contribution >= 4 is 5.82 Å². The Morgan fingerprint density at radius 1 is 1.22 bits per heavy atom. The van der Waals surface area contributed by atoms with E-state index in [4.69, 9.17) is 10.5 Å². The molecule has 0 aliphatic rings. The van der Waals surface area contributed by atoms with E-state index in [9.17, 15) is 4.39 Å². The minimum atomic E-state index is -0.251. The largest absolute Gasteiger partial charge is 0.486 e. The first kappa shape index (κ1) is 12.3. The Hall–Kier alpha value is -2.17. The molecule has 0 saturated heterocycles. The second-order valence-electron chi connectivity index (χ2n) is 4.05. The Balaban J connectivity index is 2.08. The van der Waals surface area contributed by atoms with E-state index in [1.54, 1.807) is 25.1 Å². The Morgan fingerprint density at radius 2 is 2.00 bits per heavy atom. The maximum Gasteiger partial charge on any atom is 0.168 e. The van der Waals surface area contributed by atoms with Gasteiger partial charge in [0.05, 0.1) is 0 Å². The standard InChI is InChI=1S/C13H14FN3O/c1-8-5-10(3-4-11(8)14)18-7-13-16-9(2)6-12(15)17-13/h3-6H,7H2,1-2H3,(H2,15,16,17). The number of ether oxygens (including phenoxy) is 1. The molecular formula is C13H14FN3O. The van der Waals surface area contributed by atoms with Crippen molar-refractivity contribution in [2.45, 2.75) is 20.5 Å². The highest BCUT2D eigenvalue weighted by atomic mass is 19.1. The highest BCUT2D eigenvalue weighted by molar-refractivity contribution is 5.30. The van der Waals surface area contributed by atoms with Gasteiger partial charge in [-0.3, -0.25) is 0 Å². The molecule has 0 aliphatic heterocycles. The summed E-state index contributed by atoms with van der Waals surface area (Å²) in [5, 5.41) is 0. The molecule has 2 aromatic rings. The highest BCUT2D eigenvalue weighted by Crippen LogP contribution is 2.17. The fourth-order valence-corrected chi connectivity index (χ4v) is 1.58. The van der Waals surface area contributed by atoms with E-state index < -0.39 is 0 Å². The van der Waals surface area contributed by atoms with Gasteiger partial charge in [0.2, 0.25) is 0 Å². The number of aromatic nitrogens is 2. The van der Waals surface area contributed by atoms with E-state index in [-0.39, 0.29) is 12.4 Å². The summed E-state index contributed by atoms with van der Waals surface area (Å²) in [6.07, 6.45) is 0. The van der Waals surface area contributed by atoms with Gasteiger partial charge in [-0.2, -0.15) is 0 Å². The number of aryl methyl sites for hydroxylation is 2. The molecule has 0 saturated carbocycles. The fourth-order valence-electron chi connectivity index (χ4n) is 1.58. The molecule has 0 bridgehead atoms. The van der Waals surface area contributed by atoms with Crippen LogP contribution in [0.3, 0.4) is 0 Å². The van der Waals surface area contributed by atoms with Crippen LogP contribution in [0.15, 0.2) is 24.3 Å². The smallest absolute Gasteiger partial charge is 0.168 e.